The van der Waals surface area contributed by atoms with E-state index in [0.29, 0.717) is 40.7 Å². The van der Waals surface area contributed by atoms with Gasteiger partial charge in [0, 0.05) is 5.92 Å². The quantitative estimate of drug-likeness (QED) is 0.689. The van der Waals surface area contributed by atoms with Gasteiger partial charge in [0.05, 0.1) is 40.0 Å². The van der Waals surface area contributed by atoms with E-state index < -0.39 is 18.0 Å². The van der Waals surface area contributed by atoms with Gasteiger partial charge in [0.25, 0.3) is 0 Å². The number of carbonyl (C=O) groups excluding carboxylic acids is 1. The number of carbonyl (C=O) groups is 1. The average Bonchev–Trinajstić information content (AvgIpc) is 3.38. The molecule has 0 saturated carbocycles. The van der Waals surface area contributed by atoms with Crippen LogP contribution in [0.3, 0.4) is 0 Å². The minimum absolute atomic E-state index is 0.201. The summed E-state index contributed by atoms with van der Waals surface area (Å²) < 4.78 is 32.1. The van der Waals surface area contributed by atoms with E-state index in [1.54, 1.807) is 12.1 Å². The van der Waals surface area contributed by atoms with Gasteiger partial charge in [-0.15, -0.1) is 0 Å². The molecular weight excluding hydrogens is 392 g/mol. The van der Waals surface area contributed by atoms with Crippen LogP contribution in [0, 0.1) is 11.8 Å². The molecule has 8 heteroatoms. The van der Waals surface area contributed by atoms with Crippen molar-refractivity contribution in [2.75, 3.05) is 34.7 Å². The first-order chi connectivity index (χ1) is 14.5. The van der Waals surface area contributed by atoms with E-state index in [4.69, 9.17) is 28.4 Å². The van der Waals surface area contributed by atoms with Crippen molar-refractivity contribution in [2.45, 2.75) is 12.5 Å². The van der Waals surface area contributed by atoms with Crippen LogP contribution in [0.25, 0.3) is 0 Å². The molecule has 0 spiro atoms. The molecule has 1 saturated heterocycles. The molecule has 1 fully saturated rings. The molecule has 2 aromatic carbocycles. The van der Waals surface area contributed by atoms with Gasteiger partial charge in [0.2, 0.25) is 12.5 Å². The van der Waals surface area contributed by atoms with Gasteiger partial charge in [0.15, 0.2) is 23.0 Å². The Kier molecular flexibility index (Phi) is 5.59. The summed E-state index contributed by atoms with van der Waals surface area (Å²) in [5.74, 6) is 1.26. The Balaban J connectivity index is 1.60. The summed E-state index contributed by atoms with van der Waals surface area (Å²) in [6, 6.07) is 8.97. The Bertz CT molecular complexity index is 916. The normalized spacial score (nSPS) is 20.6. The lowest BCUT2D eigenvalue weighted by molar-refractivity contribution is -0.144. The first-order valence-electron chi connectivity index (χ1n) is 9.58. The molecule has 2 aromatic rings. The highest BCUT2D eigenvalue weighted by atomic mass is 16.7. The second-order valence-electron chi connectivity index (χ2n) is 7.21. The van der Waals surface area contributed by atoms with Crippen LogP contribution in [-0.2, 0) is 16.0 Å². The van der Waals surface area contributed by atoms with E-state index in [9.17, 15) is 9.90 Å². The van der Waals surface area contributed by atoms with Crippen molar-refractivity contribution in [3.05, 3.63) is 41.5 Å². The summed E-state index contributed by atoms with van der Waals surface area (Å²) >= 11 is 0. The van der Waals surface area contributed by atoms with Crippen molar-refractivity contribution < 1.29 is 38.3 Å². The topological polar surface area (TPSA) is 92.7 Å². The Labute approximate surface area is 174 Å². The van der Waals surface area contributed by atoms with Crippen LogP contribution in [0.2, 0.25) is 0 Å². The number of fused-ring (bicyclic) bond motifs is 1. The van der Waals surface area contributed by atoms with Crippen LogP contribution in [0.4, 0.5) is 0 Å². The predicted octanol–water partition coefficient (Wildman–Crippen LogP) is 2.51. The van der Waals surface area contributed by atoms with E-state index in [0.717, 1.165) is 5.56 Å². The monoisotopic (exact) mass is 416 g/mol. The van der Waals surface area contributed by atoms with Gasteiger partial charge in [-0.25, -0.2) is 0 Å². The van der Waals surface area contributed by atoms with Gasteiger partial charge in [-0.3, -0.25) is 4.79 Å². The first-order valence-corrected chi connectivity index (χ1v) is 9.58. The SMILES string of the molecule is COc1cc(C(O)[C@H]2C(=O)OC[C@@H]2Cc2ccc3c(c2)OCO3)cc(OC)c1OC. The fourth-order valence-corrected chi connectivity index (χ4v) is 4.00. The summed E-state index contributed by atoms with van der Waals surface area (Å²) in [7, 11) is 4.51. The lowest BCUT2D eigenvalue weighted by Crippen LogP contribution is -2.25. The molecule has 0 bridgehead atoms. The van der Waals surface area contributed by atoms with Crippen molar-refractivity contribution in [3.8, 4) is 28.7 Å². The van der Waals surface area contributed by atoms with Crippen molar-refractivity contribution in [3.63, 3.8) is 0 Å². The molecule has 1 N–H and O–H groups in total. The number of benzene rings is 2. The van der Waals surface area contributed by atoms with Gasteiger partial charge in [-0.1, -0.05) is 6.07 Å². The first kappa shape index (κ1) is 20.2. The van der Waals surface area contributed by atoms with Gasteiger partial charge < -0.3 is 33.5 Å². The summed E-state index contributed by atoms with van der Waals surface area (Å²) in [5.41, 5.74) is 1.47. The zero-order valence-electron chi connectivity index (χ0n) is 17.0. The van der Waals surface area contributed by atoms with Crippen LogP contribution in [0.1, 0.15) is 17.2 Å². The maximum atomic E-state index is 12.5. The van der Waals surface area contributed by atoms with Crippen LogP contribution in [-0.4, -0.2) is 45.8 Å². The average molecular weight is 416 g/mol. The highest BCUT2D eigenvalue weighted by molar-refractivity contribution is 5.76. The Morgan fingerprint density at radius 3 is 2.37 bits per heavy atom. The van der Waals surface area contributed by atoms with Gasteiger partial charge in [0.1, 0.15) is 0 Å². The summed E-state index contributed by atoms with van der Waals surface area (Å²) in [6.07, 6.45) is -0.540. The zero-order chi connectivity index (χ0) is 21.3. The molecule has 30 heavy (non-hydrogen) atoms. The molecule has 3 atom stereocenters. The third-order valence-corrected chi connectivity index (χ3v) is 5.52. The third kappa shape index (κ3) is 3.59. The highest BCUT2D eigenvalue weighted by Crippen LogP contribution is 2.43. The number of cyclic esters (lactones) is 1. The number of hydrogen-bond donors (Lipinski definition) is 1. The van der Waals surface area contributed by atoms with Crippen LogP contribution in [0.15, 0.2) is 30.3 Å². The molecule has 0 aliphatic carbocycles. The highest BCUT2D eigenvalue weighted by Gasteiger charge is 2.43. The van der Waals surface area contributed by atoms with E-state index >= 15 is 0 Å². The summed E-state index contributed by atoms with van der Waals surface area (Å²) in [4.78, 5) is 12.5. The van der Waals surface area contributed by atoms with Gasteiger partial charge in [-0.2, -0.15) is 0 Å². The van der Waals surface area contributed by atoms with Crippen LogP contribution < -0.4 is 23.7 Å². The lowest BCUT2D eigenvalue weighted by atomic mass is 9.83. The zero-order valence-corrected chi connectivity index (χ0v) is 17.0. The number of aliphatic hydroxyl groups excluding tert-OH is 1. The minimum Gasteiger partial charge on any atom is -0.493 e. The third-order valence-electron chi connectivity index (χ3n) is 5.52. The number of hydrogen-bond acceptors (Lipinski definition) is 8. The molecule has 2 aliphatic heterocycles. The van der Waals surface area contributed by atoms with Gasteiger partial charge in [-0.05, 0) is 41.8 Å². The van der Waals surface area contributed by atoms with Gasteiger partial charge >= 0.3 is 5.97 Å². The minimum atomic E-state index is -1.09. The molecule has 2 aliphatic rings. The Morgan fingerprint density at radius 2 is 1.70 bits per heavy atom. The smallest absolute Gasteiger partial charge is 0.312 e. The van der Waals surface area contributed by atoms with Crippen molar-refractivity contribution in [2.24, 2.45) is 11.8 Å². The fourth-order valence-electron chi connectivity index (χ4n) is 4.00. The molecular formula is C22H24O8. The van der Waals surface area contributed by atoms with E-state index in [-0.39, 0.29) is 19.3 Å². The van der Waals surface area contributed by atoms with Crippen LogP contribution >= 0.6 is 0 Å². The van der Waals surface area contributed by atoms with Crippen molar-refractivity contribution in [1.29, 1.82) is 0 Å². The Morgan fingerprint density at radius 1 is 1.00 bits per heavy atom. The molecule has 0 aromatic heterocycles. The molecule has 160 valence electrons. The lowest BCUT2D eigenvalue weighted by Gasteiger charge is -2.23. The number of ether oxygens (including phenoxy) is 6. The second-order valence-corrected chi connectivity index (χ2v) is 7.21. The summed E-state index contributed by atoms with van der Waals surface area (Å²) in [6.45, 7) is 0.436. The maximum Gasteiger partial charge on any atom is 0.312 e. The molecule has 4 rings (SSSR count). The second kappa shape index (κ2) is 8.31. The van der Waals surface area contributed by atoms with E-state index in [1.807, 2.05) is 18.2 Å². The summed E-state index contributed by atoms with van der Waals surface area (Å²) in [5, 5.41) is 11.1. The van der Waals surface area contributed by atoms with Crippen molar-refractivity contribution >= 4 is 5.97 Å². The number of aliphatic hydroxyl groups is 1. The molecule has 1 unspecified atom stereocenters. The fraction of sp³-hybridized carbons (Fsp3) is 0.409. The number of methoxy groups -OCH3 is 3. The van der Waals surface area contributed by atoms with Crippen LogP contribution in [0.5, 0.6) is 28.7 Å². The molecule has 0 amide bonds. The number of esters is 1. The molecule has 0 radical (unpaired) electrons. The van der Waals surface area contributed by atoms with Crippen molar-refractivity contribution in [1.82, 2.24) is 0 Å². The maximum absolute atomic E-state index is 12.5. The van der Waals surface area contributed by atoms with E-state index in [1.165, 1.54) is 21.3 Å². The largest absolute Gasteiger partial charge is 0.493 e. The Hall–Kier alpha value is -3.13. The number of rotatable bonds is 7. The molecule has 2 heterocycles. The standard InChI is InChI=1S/C22H24O8/c1-25-17-8-13(9-18(26-2)21(17)27-3)20(23)19-14(10-28-22(19)24)6-12-4-5-15-16(7-12)30-11-29-15/h4-5,7-9,14,19-20,23H,6,10-11H2,1-3H3/t14-,19-,20?/m0/s1. The molecule has 8 nitrogen and oxygen atoms in total. The van der Waals surface area contributed by atoms with E-state index in [2.05, 4.69) is 0 Å². The predicted molar refractivity (Wildman–Crippen MR) is 105 cm³/mol.